The van der Waals surface area contributed by atoms with Gasteiger partial charge >= 0.3 is 0 Å². The third kappa shape index (κ3) is 3.76. The van der Waals surface area contributed by atoms with Gasteiger partial charge in [0.1, 0.15) is 5.76 Å². The lowest BCUT2D eigenvalue weighted by atomic mass is 10.2. The van der Waals surface area contributed by atoms with Gasteiger partial charge in [0, 0.05) is 17.1 Å². The van der Waals surface area contributed by atoms with Gasteiger partial charge in [0.05, 0.1) is 10.0 Å². The van der Waals surface area contributed by atoms with Crippen molar-refractivity contribution in [2.24, 2.45) is 0 Å². The Balaban J connectivity index is 1.72. The van der Waals surface area contributed by atoms with Gasteiger partial charge in [-0.05, 0) is 36.5 Å². The topological polar surface area (TPSA) is 67.2 Å². The Labute approximate surface area is 156 Å². The summed E-state index contributed by atoms with van der Waals surface area (Å²) in [5.74, 6) is 0.0595. The predicted molar refractivity (Wildman–Crippen MR) is 100.0 cm³/mol. The number of amides is 1. The van der Waals surface area contributed by atoms with Crippen molar-refractivity contribution in [1.29, 1.82) is 0 Å². The molecule has 0 fully saturated rings. The maximum Gasteiger partial charge on any atom is 0.293 e. The number of carbonyl (C=O) groups is 1. The van der Waals surface area contributed by atoms with Crippen molar-refractivity contribution in [2.45, 2.75) is 0 Å². The van der Waals surface area contributed by atoms with Crippen molar-refractivity contribution in [1.82, 2.24) is 10.3 Å². The molecule has 1 amide bonds. The van der Waals surface area contributed by atoms with Crippen molar-refractivity contribution in [3.05, 3.63) is 57.7 Å². The van der Waals surface area contributed by atoms with Gasteiger partial charge < -0.3 is 9.73 Å². The molecule has 0 spiro atoms. The second kappa shape index (κ2) is 7.31. The molecule has 122 valence electrons. The average molecular weight is 398 g/mol. The number of nitrogens with one attached hydrogen (secondary N) is 2. The minimum Gasteiger partial charge on any atom is -0.451 e. The molecular formula is C15H9Cl2N3O2S2. The molecule has 0 aliphatic rings. The summed E-state index contributed by atoms with van der Waals surface area (Å²) in [6.07, 6.45) is 1.63. The summed E-state index contributed by atoms with van der Waals surface area (Å²) >= 11 is 18.6. The lowest BCUT2D eigenvalue weighted by molar-refractivity contribution is 0.0951. The van der Waals surface area contributed by atoms with E-state index in [1.54, 1.807) is 35.8 Å². The van der Waals surface area contributed by atoms with E-state index >= 15 is 0 Å². The van der Waals surface area contributed by atoms with Crippen LogP contribution < -0.4 is 10.6 Å². The van der Waals surface area contributed by atoms with Crippen LogP contribution in [0.1, 0.15) is 10.6 Å². The molecule has 0 atom stereocenters. The fourth-order valence-corrected chi connectivity index (χ4v) is 3.06. The van der Waals surface area contributed by atoms with Gasteiger partial charge in [-0.25, -0.2) is 4.98 Å². The molecule has 0 unspecified atom stereocenters. The first-order valence-corrected chi connectivity index (χ1v) is 8.65. The fraction of sp³-hybridized carbons (Fsp3) is 0. The SMILES string of the molecule is O=C(NC(=S)Nc1nccs1)c1ccc(-c2cccc(Cl)c2Cl)o1. The maximum atomic E-state index is 12.2. The first-order chi connectivity index (χ1) is 11.5. The molecule has 0 saturated carbocycles. The van der Waals surface area contributed by atoms with Crippen molar-refractivity contribution >= 4 is 62.9 Å². The molecule has 0 radical (unpaired) electrons. The van der Waals surface area contributed by atoms with Crippen LogP contribution in [0.2, 0.25) is 10.0 Å². The van der Waals surface area contributed by atoms with E-state index in [4.69, 9.17) is 39.8 Å². The zero-order valence-corrected chi connectivity index (χ0v) is 15.0. The quantitative estimate of drug-likeness (QED) is 0.619. The second-order valence-electron chi connectivity index (χ2n) is 4.51. The predicted octanol–water partition coefficient (Wildman–Crippen LogP) is 4.84. The van der Waals surface area contributed by atoms with E-state index in [-0.39, 0.29) is 10.9 Å². The number of carbonyl (C=O) groups excluding carboxylic acids is 1. The van der Waals surface area contributed by atoms with E-state index in [1.807, 2.05) is 0 Å². The summed E-state index contributed by atoms with van der Waals surface area (Å²) in [6.45, 7) is 0. The summed E-state index contributed by atoms with van der Waals surface area (Å²) in [6, 6.07) is 8.35. The lowest BCUT2D eigenvalue weighted by Gasteiger charge is -2.05. The van der Waals surface area contributed by atoms with Crippen LogP contribution in [-0.4, -0.2) is 16.0 Å². The van der Waals surface area contributed by atoms with Crippen LogP contribution in [0, 0.1) is 0 Å². The maximum absolute atomic E-state index is 12.2. The number of hydrogen-bond acceptors (Lipinski definition) is 5. The van der Waals surface area contributed by atoms with Gasteiger partial charge in [-0.2, -0.15) is 0 Å². The molecule has 2 heterocycles. The smallest absolute Gasteiger partial charge is 0.293 e. The highest BCUT2D eigenvalue weighted by molar-refractivity contribution is 7.80. The number of hydrogen-bond donors (Lipinski definition) is 2. The van der Waals surface area contributed by atoms with Gasteiger partial charge in [0.15, 0.2) is 16.0 Å². The largest absolute Gasteiger partial charge is 0.451 e. The van der Waals surface area contributed by atoms with E-state index in [1.165, 1.54) is 17.4 Å². The summed E-state index contributed by atoms with van der Waals surface area (Å²) in [5, 5.41) is 8.61. The van der Waals surface area contributed by atoms with E-state index in [2.05, 4.69) is 15.6 Å². The number of furan rings is 1. The first-order valence-electron chi connectivity index (χ1n) is 6.60. The van der Waals surface area contributed by atoms with Crippen molar-refractivity contribution in [2.75, 3.05) is 5.32 Å². The Morgan fingerprint density at radius 2 is 2.08 bits per heavy atom. The van der Waals surface area contributed by atoms with Gasteiger partial charge in [-0.15, -0.1) is 11.3 Å². The summed E-state index contributed by atoms with van der Waals surface area (Å²) in [7, 11) is 0. The van der Waals surface area contributed by atoms with E-state index < -0.39 is 5.91 Å². The molecule has 9 heteroatoms. The highest BCUT2D eigenvalue weighted by Crippen LogP contribution is 2.34. The van der Waals surface area contributed by atoms with E-state index in [0.29, 0.717) is 26.5 Å². The number of aromatic nitrogens is 1. The highest BCUT2D eigenvalue weighted by Gasteiger charge is 2.16. The third-order valence-electron chi connectivity index (χ3n) is 2.93. The highest BCUT2D eigenvalue weighted by atomic mass is 35.5. The first kappa shape index (κ1) is 16.9. The Hall–Kier alpha value is -1.93. The molecule has 1 aromatic carbocycles. The molecule has 0 saturated heterocycles. The van der Waals surface area contributed by atoms with Gasteiger partial charge in [0.25, 0.3) is 5.91 Å². The Morgan fingerprint density at radius 1 is 1.25 bits per heavy atom. The third-order valence-corrected chi connectivity index (χ3v) is 4.64. The van der Waals surface area contributed by atoms with Gasteiger partial charge in [-0.1, -0.05) is 29.3 Å². The minimum absolute atomic E-state index is 0.101. The standard InChI is InChI=1S/C15H9Cl2N3O2S2/c16-9-3-1-2-8(12(9)17)10-4-5-11(22-10)13(21)19-14(23)20-15-18-6-7-24-15/h1-7H,(H2,18,19,20,21,23). The van der Waals surface area contributed by atoms with Crippen molar-refractivity contribution < 1.29 is 9.21 Å². The minimum atomic E-state index is -0.478. The Bertz CT molecular complexity index is 894. The van der Waals surface area contributed by atoms with Crippen molar-refractivity contribution in [3.8, 4) is 11.3 Å². The normalized spacial score (nSPS) is 10.4. The van der Waals surface area contributed by atoms with E-state index in [0.717, 1.165) is 0 Å². The van der Waals surface area contributed by atoms with Gasteiger partial charge in [0.2, 0.25) is 0 Å². The molecule has 2 N–H and O–H groups in total. The number of halogens is 2. The number of rotatable bonds is 3. The summed E-state index contributed by atoms with van der Waals surface area (Å²) in [5.41, 5.74) is 0.603. The molecule has 3 rings (SSSR count). The van der Waals surface area contributed by atoms with Crippen molar-refractivity contribution in [3.63, 3.8) is 0 Å². The molecule has 24 heavy (non-hydrogen) atoms. The van der Waals surface area contributed by atoms with Crippen LogP contribution in [0.3, 0.4) is 0 Å². The average Bonchev–Trinajstić information content (AvgIpc) is 3.21. The number of nitrogens with zero attached hydrogens (tertiary/aromatic N) is 1. The van der Waals surface area contributed by atoms with Crippen LogP contribution in [0.5, 0.6) is 0 Å². The second-order valence-corrected chi connectivity index (χ2v) is 6.60. The Morgan fingerprint density at radius 3 is 2.83 bits per heavy atom. The molecule has 0 aliphatic carbocycles. The molecule has 0 bridgehead atoms. The monoisotopic (exact) mass is 397 g/mol. The van der Waals surface area contributed by atoms with Crippen LogP contribution in [0.4, 0.5) is 5.13 Å². The lowest BCUT2D eigenvalue weighted by Crippen LogP contribution is -2.33. The molecule has 0 aliphatic heterocycles. The number of thiocarbonyl (C=S) groups is 1. The number of thiazole rings is 1. The van der Waals surface area contributed by atoms with Crippen LogP contribution in [-0.2, 0) is 0 Å². The summed E-state index contributed by atoms with van der Waals surface area (Å²) < 4.78 is 5.55. The molecule has 3 aromatic rings. The van der Waals surface area contributed by atoms with Crippen LogP contribution in [0.25, 0.3) is 11.3 Å². The fourth-order valence-electron chi connectivity index (χ4n) is 1.88. The molecule has 5 nitrogen and oxygen atoms in total. The number of benzene rings is 1. The van der Waals surface area contributed by atoms with Crippen LogP contribution >= 0.6 is 46.8 Å². The molecular weight excluding hydrogens is 389 g/mol. The van der Waals surface area contributed by atoms with Gasteiger partial charge in [-0.3, -0.25) is 10.1 Å². The van der Waals surface area contributed by atoms with Crippen LogP contribution in [0.15, 0.2) is 46.3 Å². The Kier molecular flexibility index (Phi) is 5.15. The molecule has 2 aromatic heterocycles. The van der Waals surface area contributed by atoms with E-state index in [9.17, 15) is 4.79 Å². The summed E-state index contributed by atoms with van der Waals surface area (Å²) in [4.78, 5) is 16.2. The number of anilines is 1. The zero-order valence-electron chi connectivity index (χ0n) is 11.9. The zero-order chi connectivity index (χ0) is 17.1.